The fourth-order valence-electron chi connectivity index (χ4n) is 3.41. The Hall–Kier alpha value is -0.800. The van der Waals surface area contributed by atoms with Gasteiger partial charge < -0.3 is 9.47 Å². The smallest absolute Gasteiger partial charge is 0.186 e. The lowest BCUT2D eigenvalue weighted by molar-refractivity contribution is 0.102. The van der Waals surface area contributed by atoms with Crippen LogP contribution in [0.3, 0.4) is 0 Å². The number of rotatable bonds is 4. The Balaban J connectivity index is 1.66. The van der Waals surface area contributed by atoms with Crippen molar-refractivity contribution in [2.75, 3.05) is 13.2 Å². The third-order valence-corrected chi connectivity index (χ3v) is 7.66. The average Bonchev–Trinajstić information content (AvgIpc) is 2.80. The summed E-state index contributed by atoms with van der Waals surface area (Å²) in [5.41, 5.74) is 2.56. The number of hydrogen-bond acceptors (Lipinski definition) is 3. The first-order valence-corrected chi connectivity index (χ1v) is 11.4. The molecular weight excluding hydrogens is 570 g/mol. The van der Waals surface area contributed by atoms with Crippen LogP contribution in [0.1, 0.15) is 11.1 Å². The van der Waals surface area contributed by atoms with Gasteiger partial charge in [0.25, 0.3) is 0 Å². The second-order valence-corrected chi connectivity index (χ2v) is 11.4. The summed E-state index contributed by atoms with van der Waals surface area (Å²) in [6.45, 7) is 1.32. The molecule has 1 aliphatic rings. The first-order chi connectivity index (χ1) is 12.7. The maximum absolute atomic E-state index is 6.33. The minimum atomic E-state index is -0.0917. The summed E-state index contributed by atoms with van der Waals surface area (Å²) in [5, 5.41) is 0. The van der Waals surface area contributed by atoms with Gasteiger partial charge >= 0.3 is 0 Å². The third kappa shape index (κ3) is 4.04. The van der Waals surface area contributed by atoms with Crippen LogP contribution in [0, 0.1) is 11.2 Å². The fraction of sp³-hybridized carbons (Fsp3) is 0.238. The Kier molecular flexibility index (Phi) is 5.75. The molecule has 4 rings (SSSR count). The first kappa shape index (κ1) is 18.6. The molecule has 5 heteroatoms. The van der Waals surface area contributed by atoms with Crippen LogP contribution in [0.15, 0.2) is 60.7 Å². The molecule has 0 radical (unpaired) electrons. The molecule has 0 atom stereocenters. The normalized spacial score (nSPS) is 15.5. The summed E-state index contributed by atoms with van der Waals surface area (Å²) in [6, 6.07) is 21.3. The lowest BCUT2D eigenvalue weighted by atomic mass is 9.78. The zero-order valence-corrected chi connectivity index (χ0v) is 19.2. The van der Waals surface area contributed by atoms with Crippen molar-refractivity contribution in [3.8, 4) is 11.5 Å². The predicted octanol–water partition coefficient (Wildman–Crippen LogP) is 6.20. The molecule has 2 heterocycles. The lowest BCUT2D eigenvalue weighted by Crippen LogP contribution is -2.38. The quantitative estimate of drug-likeness (QED) is 0.338. The highest BCUT2D eigenvalue weighted by atomic mass is 127. The van der Waals surface area contributed by atoms with Crippen molar-refractivity contribution in [2.24, 2.45) is 5.41 Å². The molecule has 2 aromatic carbocycles. The van der Waals surface area contributed by atoms with E-state index in [1.54, 1.807) is 11.3 Å². The number of thiophene rings is 1. The Bertz CT molecular complexity index is 806. The Morgan fingerprint density at radius 2 is 1.15 bits per heavy atom. The molecule has 0 bridgehead atoms. The van der Waals surface area contributed by atoms with E-state index in [0.29, 0.717) is 13.2 Å². The van der Waals surface area contributed by atoms with Crippen molar-refractivity contribution in [3.63, 3.8) is 0 Å². The van der Waals surface area contributed by atoms with Gasteiger partial charge in [0, 0.05) is 5.41 Å². The Morgan fingerprint density at radius 1 is 0.731 bits per heavy atom. The predicted molar refractivity (Wildman–Crippen MR) is 123 cm³/mol. The molecule has 3 aromatic rings. The van der Waals surface area contributed by atoms with Gasteiger partial charge in [0.15, 0.2) is 11.5 Å². The van der Waals surface area contributed by atoms with E-state index in [1.165, 1.54) is 11.1 Å². The lowest BCUT2D eigenvalue weighted by Gasteiger charge is -2.31. The zero-order valence-electron chi connectivity index (χ0n) is 14.1. The fourth-order valence-corrected chi connectivity index (χ4v) is 7.44. The maximum Gasteiger partial charge on any atom is 0.186 e. The van der Waals surface area contributed by atoms with E-state index < -0.39 is 0 Å². The molecule has 1 aromatic heterocycles. The van der Waals surface area contributed by atoms with Crippen molar-refractivity contribution < 1.29 is 9.47 Å². The summed E-state index contributed by atoms with van der Waals surface area (Å²) in [5.74, 6) is 1.84. The molecule has 0 fully saturated rings. The van der Waals surface area contributed by atoms with Crippen LogP contribution in [0.25, 0.3) is 0 Å². The van der Waals surface area contributed by atoms with Gasteiger partial charge in [-0.25, -0.2) is 0 Å². The van der Waals surface area contributed by atoms with Crippen molar-refractivity contribution in [1.29, 1.82) is 0 Å². The highest BCUT2D eigenvalue weighted by Gasteiger charge is 2.37. The molecule has 0 saturated heterocycles. The summed E-state index contributed by atoms with van der Waals surface area (Å²) in [4.78, 5) is 0. The van der Waals surface area contributed by atoms with Gasteiger partial charge in [-0.1, -0.05) is 60.7 Å². The second-order valence-electron chi connectivity index (χ2n) is 6.71. The average molecular weight is 588 g/mol. The van der Waals surface area contributed by atoms with Crippen molar-refractivity contribution in [3.05, 3.63) is 77.6 Å². The van der Waals surface area contributed by atoms with Gasteiger partial charge in [-0.15, -0.1) is 11.3 Å². The monoisotopic (exact) mass is 588 g/mol. The van der Waals surface area contributed by atoms with Gasteiger partial charge in [0.2, 0.25) is 0 Å². The third-order valence-electron chi connectivity index (χ3n) is 4.63. The molecule has 0 amide bonds. The van der Waals surface area contributed by atoms with Gasteiger partial charge in [-0.2, -0.15) is 0 Å². The van der Waals surface area contributed by atoms with Crippen LogP contribution in [-0.2, 0) is 12.8 Å². The minimum Gasteiger partial charge on any atom is -0.487 e. The molecule has 26 heavy (non-hydrogen) atoms. The molecule has 134 valence electrons. The van der Waals surface area contributed by atoms with Crippen molar-refractivity contribution in [2.45, 2.75) is 12.8 Å². The van der Waals surface area contributed by atoms with Crippen LogP contribution in [0.2, 0.25) is 0 Å². The van der Waals surface area contributed by atoms with Gasteiger partial charge in [0.05, 0.1) is 13.2 Å². The largest absolute Gasteiger partial charge is 0.487 e. The van der Waals surface area contributed by atoms with E-state index in [9.17, 15) is 0 Å². The number of halogens is 2. The maximum atomic E-state index is 6.33. The standard InChI is InChI=1S/C21H18I2O2S/c22-19-17-18(20(23)26-19)25-14-21(13-24-17,11-15-7-3-1-4-8-15)12-16-9-5-2-6-10-16/h1-10H,11-14H2. The molecule has 1 aliphatic heterocycles. The number of benzene rings is 2. The minimum absolute atomic E-state index is 0.0917. The summed E-state index contributed by atoms with van der Waals surface area (Å²) in [6.07, 6.45) is 1.87. The molecule has 0 aliphatic carbocycles. The number of ether oxygens (including phenoxy) is 2. The van der Waals surface area contributed by atoms with Crippen molar-refractivity contribution >= 4 is 56.5 Å². The van der Waals surface area contributed by atoms with Gasteiger partial charge in [-0.05, 0) is 69.2 Å². The van der Waals surface area contributed by atoms with E-state index in [2.05, 4.69) is 106 Å². The molecule has 0 saturated carbocycles. The summed E-state index contributed by atoms with van der Waals surface area (Å²) in [7, 11) is 0. The number of hydrogen-bond donors (Lipinski definition) is 0. The van der Waals surface area contributed by atoms with Crippen LogP contribution in [0.5, 0.6) is 11.5 Å². The Morgan fingerprint density at radius 3 is 1.58 bits per heavy atom. The topological polar surface area (TPSA) is 18.5 Å². The molecule has 0 unspecified atom stereocenters. The highest BCUT2D eigenvalue weighted by molar-refractivity contribution is 14.1. The first-order valence-electron chi connectivity index (χ1n) is 8.46. The van der Waals surface area contributed by atoms with Crippen LogP contribution in [0.4, 0.5) is 0 Å². The van der Waals surface area contributed by atoms with E-state index in [0.717, 1.165) is 30.1 Å². The van der Waals surface area contributed by atoms with E-state index in [4.69, 9.17) is 9.47 Å². The molecule has 2 nitrogen and oxygen atoms in total. The summed E-state index contributed by atoms with van der Waals surface area (Å²) >= 11 is 6.42. The van der Waals surface area contributed by atoms with Crippen molar-refractivity contribution in [1.82, 2.24) is 0 Å². The SMILES string of the molecule is Ic1sc(I)c2c1OCC(Cc1ccccc1)(Cc1ccccc1)CO2. The van der Waals surface area contributed by atoms with Gasteiger partial charge in [-0.3, -0.25) is 0 Å². The molecule has 0 spiro atoms. The van der Waals surface area contributed by atoms with Crippen LogP contribution in [-0.4, -0.2) is 13.2 Å². The zero-order chi connectivity index (χ0) is 18.0. The summed E-state index contributed by atoms with van der Waals surface area (Å²) < 4.78 is 15.0. The van der Waals surface area contributed by atoms with Crippen LogP contribution < -0.4 is 9.47 Å². The second kappa shape index (κ2) is 8.06. The molecule has 0 N–H and O–H groups in total. The van der Waals surface area contributed by atoms with E-state index in [1.807, 2.05) is 0 Å². The molecular formula is C21H18I2O2S. The van der Waals surface area contributed by atoms with E-state index >= 15 is 0 Å². The highest BCUT2D eigenvalue weighted by Crippen LogP contribution is 2.47. The number of fused-ring (bicyclic) bond motifs is 1. The van der Waals surface area contributed by atoms with Crippen LogP contribution >= 0.6 is 56.5 Å². The van der Waals surface area contributed by atoms with E-state index in [-0.39, 0.29) is 5.41 Å². The van der Waals surface area contributed by atoms with Gasteiger partial charge in [0.1, 0.15) is 5.77 Å². The Labute approximate surface area is 185 Å².